The number of aryl methyl sites for hydroxylation is 2. The minimum Gasteiger partial charge on any atom is -0.497 e. The van der Waals surface area contributed by atoms with Crippen LogP contribution in [0, 0.1) is 24.0 Å². The monoisotopic (exact) mass is 414 g/mol. The molecule has 1 heterocycles. The van der Waals surface area contributed by atoms with Crippen molar-refractivity contribution < 1.29 is 24.1 Å². The minimum absolute atomic E-state index is 0.0868. The average Bonchev–Trinajstić information content (AvgIpc) is 3.17. The zero-order valence-electron chi connectivity index (χ0n) is 17.8. The molecule has 160 valence electrons. The van der Waals surface area contributed by atoms with Crippen molar-refractivity contribution in [3.8, 4) is 11.5 Å². The molecule has 0 radical (unpaired) electrons. The van der Waals surface area contributed by atoms with Gasteiger partial charge in [-0.25, -0.2) is 0 Å². The highest BCUT2D eigenvalue weighted by Gasteiger charge is 2.34. The van der Waals surface area contributed by atoms with Crippen molar-refractivity contribution >= 4 is 17.3 Å². The van der Waals surface area contributed by atoms with Crippen molar-refractivity contribution in [2.45, 2.75) is 32.7 Å². The van der Waals surface area contributed by atoms with Crippen LogP contribution in [0.2, 0.25) is 0 Å². The molecular formula is C22H28N3O5+. The second-order valence-electron chi connectivity index (χ2n) is 7.65. The van der Waals surface area contributed by atoms with Gasteiger partial charge in [0.1, 0.15) is 23.2 Å². The highest BCUT2D eigenvalue weighted by molar-refractivity contribution is 5.94. The van der Waals surface area contributed by atoms with Gasteiger partial charge < -0.3 is 19.7 Å². The minimum atomic E-state index is -0.463. The summed E-state index contributed by atoms with van der Waals surface area (Å²) in [6.45, 7) is 4.76. The molecule has 0 aromatic heterocycles. The number of hydrogen-bond donors (Lipinski definition) is 2. The van der Waals surface area contributed by atoms with E-state index in [1.807, 2.05) is 32.0 Å². The van der Waals surface area contributed by atoms with Gasteiger partial charge in [-0.3, -0.25) is 14.9 Å². The van der Waals surface area contributed by atoms with Crippen LogP contribution < -0.4 is 19.7 Å². The Bertz CT molecular complexity index is 960. The summed E-state index contributed by atoms with van der Waals surface area (Å²) < 4.78 is 10.8. The largest absolute Gasteiger partial charge is 0.497 e. The highest BCUT2D eigenvalue weighted by atomic mass is 16.6. The van der Waals surface area contributed by atoms with Gasteiger partial charge in [0.05, 0.1) is 31.3 Å². The normalized spacial score (nSPS) is 18.1. The van der Waals surface area contributed by atoms with Crippen molar-refractivity contribution in [2.75, 3.05) is 32.6 Å². The number of carbonyl (C=O) groups excluding carboxylic acids is 1. The number of hydrogen-bond acceptors (Lipinski definition) is 5. The molecule has 2 aromatic rings. The summed E-state index contributed by atoms with van der Waals surface area (Å²) in [7, 11) is 3.23. The van der Waals surface area contributed by atoms with E-state index in [9.17, 15) is 14.9 Å². The molecule has 2 N–H and O–H groups in total. The fourth-order valence-corrected chi connectivity index (χ4v) is 4.06. The van der Waals surface area contributed by atoms with E-state index in [1.54, 1.807) is 20.3 Å². The number of ether oxygens (including phenoxy) is 2. The van der Waals surface area contributed by atoms with Crippen LogP contribution in [0.1, 0.15) is 35.6 Å². The summed E-state index contributed by atoms with van der Waals surface area (Å²) in [5, 5.41) is 14.1. The fraction of sp³-hybridized carbons (Fsp3) is 0.409. The van der Waals surface area contributed by atoms with E-state index in [-0.39, 0.29) is 29.9 Å². The second-order valence-corrected chi connectivity index (χ2v) is 7.65. The molecule has 0 spiro atoms. The number of benzene rings is 2. The van der Waals surface area contributed by atoms with Crippen molar-refractivity contribution in [3.63, 3.8) is 0 Å². The van der Waals surface area contributed by atoms with Gasteiger partial charge in [0.2, 0.25) is 0 Å². The number of nitrogens with zero attached hydrogens (tertiary/aromatic N) is 1. The van der Waals surface area contributed by atoms with Crippen molar-refractivity contribution in [1.29, 1.82) is 0 Å². The maximum absolute atomic E-state index is 12.8. The quantitative estimate of drug-likeness (QED) is 0.536. The summed E-state index contributed by atoms with van der Waals surface area (Å²) in [5.41, 5.74) is 2.90. The van der Waals surface area contributed by atoms with Crippen LogP contribution in [0.15, 0.2) is 30.3 Å². The van der Waals surface area contributed by atoms with Crippen LogP contribution in [0.5, 0.6) is 11.5 Å². The van der Waals surface area contributed by atoms with E-state index in [2.05, 4.69) is 5.32 Å². The molecule has 1 saturated heterocycles. The first-order chi connectivity index (χ1) is 14.3. The molecule has 2 atom stereocenters. The standard InChI is InChI=1S/C22H27N3O5/c1-14-10-18(20(25(27)28)11-15(14)2)23-22(26)13-24-9-5-6-19(24)17-8-7-16(29-3)12-21(17)30-4/h7-8,10-12,19H,5-6,9,13H2,1-4H3,(H,23,26)/p+1/t19-/m0/s1. The maximum atomic E-state index is 12.8. The molecule has 0 saturated carbocycles. The molecule has 1 unspecified atom stereocenters. The fourth-order valence-electron chi connectivity index (χ4n) is 4.06. The van der Waals surface area contributed by atoms with Crippen molar-refractivity contribution in [3.05, 3.63) is 57.1 Å². The molecule has 0 aliphatic carbocycles. The number of carbonyl (C=O) groups is 1. The third-order valence-corrected chi connectivity index (χ3v) is 5.77. The van der Waals surface area contributed by atoms with Crippen molar-refractivity contribution in [1.82, 2.24) is 0 Å². The van der Waals surface area contributed by atoms with Gasteiger partial charge in [-0.15, -0.1) is 0 Å². The third-order valence-electron chi connectivity index (χ3n) is 5.77. The number of quaternary nitrogens is 1. The van der Waals surface area contributed by atoms with E-state index in [4.69, 9.17) is 9.47 Å². The maximum Gasteiger partial charge on any atom is 0.293 e. The van der Waals surface area contributed by atoms with E-state index in [0.29, 0.717) is 0 Å². The molecule has 2 aromatic carbocycles. The Kier molecular flexibility index (Phi) is 6.56. The molecule has 1 aliphatic heterocycles. The number of nitrogens with one attached hydrogen (secondary N) is 2. The zero-order valence-corrected chi connectivity index (χ0v) is 17.8. The number of methoxy groups -OCH3 is 2. The molecule has 8 heteroatoms. The Morgan fingerprint density at radius 2 is 1.93 bits per heavy atom. The first kappa shape index (κ1) is 21.6. The van der Waals surface area contributed by atoms with Gasteiger partial charge in [0.25, 0.3) is 11.6 Å². The van der Waals surface area contributed by atoms with Gasteiger partial charge in [-0.2, -0.15) is 0 Å². The third kappa shape index (κ3) is 4.54. The van der Waals surface area contributed by atoms with E-state index in [1.165, 1.54) is 6.07 Å². The number of nitro benzene ring substituents is 1. The number of likely N-dealkylation sites (tertiary alicyclic amines) is 1. The molecule has 0 bridgehead atoms. The zero-order chi connectivity index (χ0) is 21.8. The molecule has 1 amide bonds. The Morgan fingerprint density at radius 1 is 1.20 bits per heavy atom. The Balaban J connectivity index is 1.77. The van der Waals surface area contributed by atoms with E-state index in [0.717, 1.165) is 52.5 Å². The van der Waals surface area contributed by atoms with Crippen LogP contribution in [-0.2, 0) is 4.79 Å². The Labute approximate surface area is 175 Å². The molecule has 1 fully saturated rings. The first-order valence-electron chi connectivity index (χ1n) is 9.96. The van der Waals surface area contributed by atoms with Crippen LogP contribution in [-0.4, -0.2) is 38.1 Å². The van der Waals surface area contributed by atoms with Gasteiger partial charge in [0.15, 0.2) is 6.54 Å². The van der Waals surface area contributed by atoms with E-state index < -0.39 is 4.92 Å². The second kappa shape index (κ2) is 9.13. The lowest BCUT2D eigenvalue weighted by atomic mass is 10.0. The van der Waals surface area contributed by atoms with Gasteiger partial charge in [-0.1, -0.05) is 0 Å². The lowest BCUT2D eigenvalue weighted by molar-refractivity contribution is -0.910. The van der Waals surface area contributed by atoms with Crippen LogP contribution in [0.4, 0.5) is 11.4 Å². The van der Waals surface area contributed by atoms with Crippen LogP contribution >= 0.6 is 0 Å². The molecule has 1 aliphatic rings. The van der Waals surface area contributed by atoms with Gasteiger partial charge in [-0.05, 0) is 43.2 Å². The predicted octanol–water partition coefficient (Wildman–Crippen LogP) is 2.59. The number of rotatable bonds is 7. The topological polar surface area (TPSA) is 95.1 Å². The number of anilines is 1. The van der Waals surface area contributed by atoms with Gasteiger partial charge >= 0.3 is 0 Å². The Morgan fingerprint density at radius 3 is 2.60 bits per heavy atom. The summed E-state index contributed by atoms with van der Waals surface area (Å²) in [4.78, 5) is 24.8. The van der Waals surface area contributed by atoms with Crippen LogP contribution in [0.25, 0.3) is 0 Å². The predicted molar refractivity (Wildman–Crippen MR) is 113 cm³/mol. The van der Waals surface area contributed by atoms with Crippen LogP contribution in [0.3, 0.4) is 0 Å². The van der Waals surface area contributed by atoms with Gasteiger partial charge in [0, 0.05) is 25.0 Å². The Hall–Kier alpha value is -3.13. The number of nitro groups is 1. The smallest absolute Gasteiger partial charge is 0.293 e. The molecular weight excluding hydrogens is 386 g/mol. The summed E-state index contributed by atoms with van der Waals surface area (Å²) in [6.07, 6.45) is 1.93. The van der Waals surface area contributed by atoms with E-state index >= 15 is 0 Å². The molecule has 8 nitrogen and oxygen atoms in total. The SMILES string of the molecule is COc1ccc([C@@H]2CCC[NH+]2CC(=O)Nc2cc(C)c(C)cc2[N+](=O)[O-])c(OC)c1. The first-order valence-corrected chi connectivity index (χ1v) is 9.96. The lowest BCUT2D eigenvalue weighted by Gasteiger charge is -2.23. The van der Waals surface area contributed by atoms with Crippen molar-refractivity contribution in [2.24, 2.45) is 0 Å². The average molecular weight is 414 g/mol. The highest BCUT2D eigenvalue weighted by Crippen LogP contribution is 2.32. The number of amides is 1. The summed E-state index contributed by atoms with van der Waals surface area (Å²) in [6, 6.07) is 9.01. The molecule has 3 rings (SSSR count). The summed E-state index contributed by atoms with van der Waals surface area (Å²) >= 11 is 0. The summed E-state index contributed by atoms with van der Waals surface area (Å²) in [5.74, 6) is 1.22. The molecule has 30 heavy (non-hydrogen) atoms. The lowest BCUT2D eigenvalue weighted by Crippen LogP contribution is -3.11.